The lowest BCUT2D eigenvalue weighted by atomic mass is 9.99. The Labute approximate surface area is 143 Å². The Bertz CT molecular complexity index is 706. The third kappa shape index (κ3) is 3.52. The van der Waals surface area contributed by atoms with E-state index >= 15 is 0 Å². The number of carbonyl (C=O) groups is 1. The van der Waals surface area contributed by atoms with E-state index in [0.29, 0.717) is 12.0 Å². The van der Waals surface area contributed by atoms with Gasteiger partial charge in [-0.2, -0.15) is 9.61 Å². The van der Waals surface area contributed by atoms with Crippen LogP contribution in [-0.2, 0) is 4.79 Å². The monoisotopic (exact) mass is 329 g/mol. The molecule has 2 aromatic heterocycles. The molecule has 2 heterocycles. The molecule has 130 valence electrons. The maximum absolute atomic E-state index is 11.2. The summed E-state index contributed by atoms with van der Waals surface area (Å²) in [4.78, 5) is 16.0. The van der Waals surface area contributed by atoms with E-state index in [1.54, 1.807) is 13.1 Å². The molecule has 6 nitrogen and oxygen atoms in total. The van der Waals surface area contributed by atoms with E-state index in [-0.39, 0.29) is 11.9 Å². The van der Waals surface area contributed by atoms with Gasteiger partial charge in [-0.3, -0.25) is 4.79 Å². The standard InChI is InChI=1S/C18H27N5O/c1-4-13(5-2)16-11-18(23-17(22-16)8-9-19-23)21-15-7-6-14(10-15)20-12(3)24/h8-9,11,13-15,21H,4-7,10H2,1-3H3,(H,20,24)/t14-,15-/m0/s1. The number of hydrogen-bond donors (Lipinski definition) is 2. The lowest BCUT2D eigenvalue weighted by molar-refractivity contribution is -0.119. The van der Waals surface area contributed by atoms with Gasteiger partial charge in [0.25, 0.3) is 0 Å². The number of carbonyl (C=O) groups excluding carboxylic acids is 1. The van der Waals surface area contributed by atoms with Crippen molar-refractivity contribution in [3.8, 4) is 0 Å². The Hall–Kier alpha value is -2.11. The smallest absolute Gasteiger partial charge is 0.217 e. The van der Waals surface area contributed by atoms with E-state index in [2.05, 4.69) is 35.6 Å². The fourth-order valence-electron chi connectivity index (χ4n) is 3.69. The molecule has 0 aliphatic heterocycles. The van der Waals surface area contributed by atoms with Gasteiger partial charge in [-0.25, -0.2) is 4.98 Å². The predicted molar refractivity (Wildman–Crippen MR) is 95.2 cm³/mol. The summed E-state index contributed by atoms with van der Waals surface area (Å²) in [6.45, 7) is 6.00. The van der Waals surface area contributed by atoms with Crippen molar-refractivity contribution in [1.29, 1.82) is 0 Å². The van der Waals surface area contributed by atoms with Crippen molar-refractivity contribution in [3.63, 3.8) is 0 Å². The number of hydrogen-bond acceptors (Lipinski definition) is 4. The summed E-state index contributed by atoms with van der Waals surface area (Å²) in [6, 6.07) is 4.72. The lowest BCUT2D eigenvalue weighted by Crippen LogP contribution is -2.32. The Kier molecular flexibility index (Phi) is 5.02. The molecule has 2 aromatic rings. The van der Waals surface area contributed by atoms with E-state index < -0.39 is 0 Å². The van der Waals surface area contributed by atoms with Crippen LogP contribution >= 0.6 is 0 Å². The fourth-order valence-corrected chi connectivity index (χ4v) is 3.69. The van der Waals surface area contributed by atoms with Crippen molar-refractivity contribution in [2.24, 2.45) is 0 Å². The first-order valence-corrected chi connectivity index (χ1v) is 8.99. The van der Waals surface area contributed by atoms with Crippen LogP contribution in [0, 0.1) is 0 Å². The van der Waals surface area contributed by atoms with Gasteiger partial charge in [0.2, 0.25) is 5.91 Å². The molecule has 2 N–H and O–H groups in total. The highest BCUT2D eigenvalue weighted by Gasteiger charge is 2.26. The normalized spacial score (nSPS) is 20.7. The summed E-state index contributed by atoms with van der Waals surface area (Å²) in [6.07, 6.45) is 6.98. The number of nitrogens with one attached hydrogen (secondary N) is 2. The fraction of sp³-hybridized carbons (Fsp3) is 0.611. The van der Waals surface area contributed by atoms with Gasteiger partial charge in [-0.15, -0.1) is 0 Å². The van der Waals surface area contributed by atoms with Crippen LogP contribution in [-0.4, -0.2) is 32.6 Å². The molecule has 1 amide bonds. The second-order valence-corrected chi connectivity index (χ2v) is 6.73. The Morgan fingerprint density at radius 2 is 2.08 bits per heavy atom. The van der Waals surface area contributed by atoms with E-state index in [4.69, 9.17) is 4.98 Å². The average molecular weight is 329 g/mol. The molecule has 0 bridgehead atoms. The molecule has 0 spiro atoms. The number of fused-ring (bicyclic) bond motifs is 1. The summed E-state index contributed by atoms with van der Waals surface area (Å²) in [7, 11) is 0. The van der Waals surface area contributed by atoms with Crippen LogP contribution in [0.25, 0.3) is 5.65 Å². The first-order chi connectivity index (χ1) is 11.6. The van der Waals surface area contributed by atoms with Gasteiger partial charge in [0.15, 0.2) is 5.65 Å². The van der Waals surface area contributed by atoms with E-state index in [1.807, 2.05) is 10.6 Å². The van der Waals surface area contributed by atoms with Crippen LogP contribution in [0.4, 0.5) is 5.82 Å². The molecular weight excluding hydrogens is 302 g/mol. The van der Waals surface area contributed by atoms with E-state index in [0.717, 1.165) is 49.3 Å². The predicted octanol–water partition coefficient (Wildman–Crippen LogP) is 3.10. The molecule has 6 heteroatoms. The van der Waals surface area contributed by atoms with Crippen LogP contribution in [0.2, 0.25) is 0 Å². The van der Waals surface area contributed by atoms with Crippen molar-refractivity contribution in [3.05, 3.63) is 24.0 Å². The minimum atomic E-state index is 0.0510. The van der Waals surface area contributed by atoms with Crippen LogP contribution in [0.5, 0.6) is 0 Å². The van der Waals surface area contributed by atoms with Crippen molar-refractivity contribution >= 4 is 17.4 Å². The summed E-state index contributed by atoms with van der Waals surface area (Å²) >= 11 is 0. The molecule has 1 aliphatic carbocycles. The quantitative estimate of drug-likeness (QED) is 0.854. The van der Waals surface area contributed by atoms with Crippen LogP contribution < -0.4 is 10.6 Å². The molecule has 0 unspecified atom stereocenters. The molecular formula is C18H27N5O. The van der Waals surface area contributed by atoms with Gasteiger partial charge >= 0.3 is 0 Å². The number of rotatable bonds is 6. The molecule has 1 fully saturated rings. The van der Waals surface area contributed by atoms with E-state index in [9.17, 15) is 4.79 Å². The second kappa shape index (κ2) is 7.20. The number of nitrogens with zero attached hydrogens (tertiary/aromatic N) is 3. The minimum Gasteiger partial charge on any atom is -0.367 e. The highest BCUT2D eigenvalue weighted by molar-refractivity contribution is 5.73. The van der Waals surface area contributed by atoms with Gasteiger partial charge in [0, 0.05) is 42.8 Å². The summed E-state index contributed by atoms with van der Waals surface area (Å²) in [5, 5.41) is 11.1. The molecule has 3 rings (SSSR count). The van der Waals surface area contributed by atoms with E-state index in [1.165, 1.54) is 0 Å². The third-order valence-electron chi connectivity index (χ3n) is 4.98. The number of amides is 1. The maximum Gasteiger partial charge on any atom is 0.217 e. The van der Waals surface area contributed by atoms with Crippen LogP contribution in [0.1, 0.15) is 64.5 Å². The maximum atomic E-state index is 11.2. The van der Waals surface area contributed by atoms with Gasteiger partial charge in [-0.1, -0.05) is 13.8 Å². The first kappa shape index (κ1) is 16.7. The largest absolute Gasteiger partial charge is 0.367 e. The third-order valence-corrected chi connectivity index (χ3v) is 4.98. The molecule has 2 atom stereocenters. The molecule has 0 aromatic carbocycles. The minimum absolute atomic E-state index is 0.0510. The molecule has 0 saturated heterocycles. The molecule has 1 saturated carbocycles. The molecule has 0 radical (unpaired) electrons. The van der Waals surface area contributed by atoms with Gasteiger partial charge in [0.1, 0.15) is 5.82 Å². The number of anilines is 1. The average Bonchev–Trinajstić information content (AvgIpc) is 3.17. The topological polar surface area (TPSA) is 71.3 Å². The highest BCUT2D eigenvalue weighted by atomic mass is 16.1. The van der Waals surface area contributed by atoms with Crippen molar-refractivity contribution in [2.75, 3.05) is 5.32 Å². The van der Waals surface area contributed by atoms with Gasteiger partial charge < -0.3 is 10.6 Å². The highest BCUT2D eigenvalue weighted by Crippen LogP contribution is 2.27. The lowest BCUT2D eigenvalue weighted by Gasteiger charge is -2.18. The van der Waals surface area contributed by atoms with Crippen molar-refractivity contribution in [2.45, 2.75) is 70.9 Å². The summed E-state index contributed by atoms with van der Waals surface area (Å²) in [5.74, 6) is 1.52. The SMILES string of the molecule is CCC(CC)c1cc(N[C@H]2CC[C@H](NC(C)=O)C2)n2nccc2n1. The Morgan fingerprint density at radius 1 is 1.33 bits per heavy atom. The Balaban J connectivity index is 1.81. The number of aromatic nitrogens is 3. The van der Waals surface area contributed by atoms with Gasteiger partial charge in [0.05, 0.1) is 6.20 Å². The first-order valence-electron chi connectivity index (χ1n) is 8.99. The summed E-state index contributed by atoms with van der Waals surface area (Å²) < 4.78 is 1.87. The zero-order valence-corrected chi connectivity index (χ0v) is 14.7. The molecule has 24 heavy (non-hydrogen) atoms. The van der Waals surface area contributed by atoms with Crippen molar-refractivity contribution < 1.29 is 4.79 Å². The summed E-state index contributed by atoms with van der Waals surface area (Å²) in [5.41, 5.74) is 2.02. The Morgan fingerprint density at radius 3 is 2.79 bits per heavy atom. The van der Waals surface area contributed by atoms with Crippen LogP contribution in [0.15, 0.2) is 18.3 Å². The van der Waals surface area contributed by atoms with Crippen molar-refractivity contribution in [1.82, 2.24) is 19.9 Å². The van der Waals surface area contributed by atoms with Crippen LogP contribution in [0.3, 0.4) is 0 Å². The zero-order valence-electron chi connectivity index (χ0n) is 14.7. The zero-order chi connectivity index (χ0) is 17.1. The van der Waals surface area contributed by atoms with Gasteiger partial charge in [-0.05, 0) is 32.1 Å². The molecule has 1 aliphatic rings. The second-order valence-electron chi connectivity index (χ2n) is 6.73.